The molecule has 0 spiro atoms. The predicted molar refractivity (Wildman–Crippen MR) is 53.8 cm³/mol. The minimum absolute atomic E-state index is 0.160. The number of hydrogen-bond donors (Lipinski definition) is 4. The van der Waals surface area contributed by atoms with Gasteiger partial charge in [-0.25, -0.2) is 15.7 Å². The van der Waals surface area contributed by atoms with Crippen molar-refractivity contribution in [3.05, 3.63) is 29.8 Å². The van der Waals surface area contributed by atoms with Crippen LogP contribution >= 0.6 is 0 Å². The zero-order chi connectivity index (χ0) is 11.3. The van der Waals surface area contributed by atoms with E-state index < -0.39 is 6.03 Å². The number of carbonyl (C=O) groups excluding carboxylic acids is 1. The summed E-state index contributed by atoms with van der Waals surface area (Å²) >= 11 is 0. The van der Waals surface area contributed by atoms with Crippen LogP contribution in [-0.4, -0.2) is 22.1 Å². The average Bonchev–Trinajstić information content (AvgIpc) is 2.26. The monoisotopic (exact) mass is 209 g/mol. The zero-order valence-electron chi connectivity index (χ0n) is 8.06. The molecule has 6 heteroatoms. The van der Waals surface area contributed by atoms with Gasteiger partial charge < -0.3 is 5.11 Å². The minimum atomic E-state index is -0.812. The lowest BCUT2D eigenvalue weighted by Crippen LogP contribution is -2.30. The van der Waals surface area contributed by atoms with Crippen LogP contribution in [-0.2, 0) is 0 Å². The maximum absolute atomic E-state index is 10.6. The number of carbonyl (C=O) groups is 1. The van der Waals surface area contributed by atoms with Gasteiger partial charge in [-0.05, 0) is 36.8 Å². The second-order valence-corrected chi connectivity index (χ2v) is 2.80. The van der Waals surface area contributed by atoms with Crippen molar-refractivity contribution in [2.24, 2.45) is 5.10 Å². The molecule has 0 atom stereocenters. The number of rotatable bonds is 2. The third kappa shape index (κ3) is 3.28. The number of phenols is 1. The van der Waals surface area contributed by atoms with Gasteiger partial charge in [0.1, 0.15) is 5.75 Å². The lowest BCUT2D eigenvalue weighted by atomic mass is 10.1. The first kappa shape index (κ1) is 11.0. The predicted octanol–water partition coefficient (Wildman–Crippen LogP) is 0.805. The fraction of sp³-hybridized carbons (Fsp3) is 0.111. The summed E-state index contributed by atoms with van der Waals surface area (Å²) in [5.74, 6) is 0.160. The average molecular weight is 209 g/mol. The van der Waals surface area contributed by atoms with Crippen LogP contribution < -0.4 is 10.9 Å². The van der Waals surface area contributed by atoms with Crippen molar-refractivity contribution >= 4 is 11.7 Å². The fourth-order valence-corrected chi connectivity index (χ4v) is 0.927. The van der Waals surface area contributed by atoms with E-state index in [-0.39, 0.29) is 5.75 Å². The third-order valence-corrected chi connectivity index (χ3v) is 1.71. The topological polar surface area (TPSA) is 94.0 Å². The Morgan fingerprint density at radius 3 is 2.47 bits per heavy atom. The Morgan fingerprint density at radius 1 is 1.33 bits per heavy atom. The van der Waals surface area contributed by atoms with E-state index in [9.17, 15) is 4.79 Å². The van der Waals surface area contributed by atoms with Gasteiger partial charge in [0.2, 0.25) is 0 Å². The quantitative estimate of drug-likeness (QED) is 0.330. The number of hydrazone groups is 1. The van der Waals surface area contributed by atoms with Crippen LogP contribution in [0.2, 0.25) is 0 Å². The van der Waals surface area contributed by atoms with Gasteiger partial charge in [-0.3, -0.25) is 5.21 Å². The molecule has 1 rings (SSSR count). The number of phenolic OH excluding ortho intramolecular Hbond substituents is 1. The van der Waals surface area contributed by atoms with Gasteiger partial charge in [-0.15, -0.1) is 0 Å². The molecule has 6 nitrogen and oxygen atoms in total. The van der Waals surface area contributed by atoms with E-state index in [0.717, 1.165) is 5.56 Å². The molecule has 0 aromatic heterocycles. The molecule has 15 heavy (non-hydrogen) atoms. The number of urea groups is 1. The number of aromatic hydroxyl groups is 1. The smallest absolute Gasteiger partial charge is 0.358 e. The molecule has 0 saturated carbocycles. The summed E-state index contributed by atoms with van der Waals surface area (Å²) in [6.07, 6.45) is 0. The molecule has 0 unspecified atom stereocenters. The highest BCUT2D eigenvalue weighted by atomic mass is 16.5. The Bertz CT molecular complexity index is 373. The van der Waals surface area contributed by atoms with Crippen LogP contribution in [0.1, 0.15) is 12.5 Å². The summed E-state index contributed by atoms with van der Waals surface area (Å²) in [5.41, 5.74) is 4.76. The van der Waals surface area contributed by atoms with Crippen LogP contribution in [0.15, 0.2) is 29.4 Å². The van der Waals surface area contributed by atoms with Gasteiger partial charge in [0, 0.05) is 0 Å². The van der Waals surface area contributed by atoms with Gasteiger partial charge in [0.05, 0.1) is 5.71 Å². The summed E-state index contributed by atoms with van der Waals surface area (Å²) in [6, 6.07) is 5.54. The molecule has 0 aliphatic rings. The van der Waals surface area contributed by atoms with Gasteiger partial charge >= 0.3 is 6.03 Å². The van der Waals surface area contributed by atoms with E-state index in [1.807, 2.05) is 0 Å². The van der Waals surface area contributed by atoms with Gasteiger partial charge in [-0.2, -0.15) is 5.10 Å². The lowest BCUT2D eigenvalue weighted by Gasteiger charge is -2.01. The van der Waals surface area contributed by atoms with E-state index in [1.54, 1.807) is 19.1 Å². The second-order valence-electron chi connectivity index (χ2n) is 2.80. The van der Waals surface area contributed by atoms with E-state index >= 15 is 0 Å². The molecule has 2 amide bonds. The van der Waals surface area contributed by atoms with E-state index in [0.29, 0.717) is 5.71 Å². The maximum atomic E-state index is 10.6. The van der Waals surface area contributed by atoms with Crippen LogP contribution in [0, 0.1) is 0 Å². The molecule has 1 aromatic carbocycles. The molecular formula is C9H11N3O3. The molecule has 0 bridgehead atoms. The van der Waals surface area contributed by atoms with Crippen LogP contribution in [0.3, 0.4) is 0 Å². The van der Waals surface area contributed by atoms with Crippen LogP contribution in [0.25, 0.3) is 0 Å². The summed E-state index contributed by atoms with van der Waals surface area (Å²) in [6.45, 7) is 1.68. The Balaban J connectivity index is 2.71. The number of benzene rings is 1. The molecular weight excluding hydrogens is 198 g/mol. The molecule has 80 valence electrons. The van der Waals surface area contributed by atoms with E-state index in [2.05, 4.69) is 10.5 Å². The Hall–Kier alpha value is -2.08. The van der Waals surface area contributed by atoms with Crippen molar-refractivity contribution < 1.29 is 15.1 Å². The van der Waals surface area contributed by atoms with Crippen molar-refractivity contribution in [1.82, 2.24) is 10.9 Å². The van der Waals surface area contributed by atoms with Crippen molar-refractivity contribution in [3.8, 4) is 5.75 Å². The summed E-state index contributed by atoms with van der Waals surface area (Å²) in [7, 11) is 0. The number of hydrogen-bond acceptors (Lipinski definition) is 4. The van der Waals surface area contributed by atoms with Crippen LogP contribution in [0.4, 0.5) is 4.79 Å². The first-order valence-electron chi connectivity index (χ1n) is 4.17. The molecule has 0 fully saturated rings. The lowest BCUT2D eigenvalue weighted by molar-refractivity contribution is 0.162. The molecule has 0 saturated heterocycles. The van der Waals surface area contributed by atoms with Crippen molar-refractivity contribution in [2.75, 3.05) is 0 Å². The van der Waals surface area contributed by atoms with E-state index in [1.165, 1.54) is 17.6 Å². The maximum Gasteiger partial charge on any atom is 0.358 e. The molecule has 0 aliphatic heterocycles. The highest BCUT2D eigenvalue weighted by Crippen LogP contribution is 2.09. The Kier molecular flexibility index (Phi) is 3.64. The fourth-order valence-electron chi connectivity index (χ4n) is 0.927. The van der Waals surface area contributed by atoms with Crippen molar-refractivity contribution in [2.45, 2.75) is 6.92 Å². The molecule has 0 aliphatic carbocycles. The number of nitrogens with one attached hydrogen (secondary N) is 2. The number of amides is 2. The molecule has 4 N–H and O–H groups in total. The highest BCUT2D eigenvalue weighted by molar-refractivity contribution is 5.99. The van der Waals surface area contributed by atoms with E-state index in [4.69, 9.17) is 10.3 Å². The Morgan fingerprint density at radius 2 is 1.93 bits per heavy atom. The number of hydroxylamine groups is 1. The summed E-state index contributed by atoms with van der Waals surface area (Å²) in [5, 5.41) is 20.9. The van der Waals surface area contributed by atoms with Gasteiger partial charge in [0.25, 0.3) is 0 Å². The molecule has 0 radical (unpaired) electrons. The second kappa shape index (κ2) is 4.97. The highest BCUT2D eigenvalue weighted by Gasteiger charge is 1.99. The molecule has 1 aromatic rings. The molecule has 0 heterocycles. The number of nitrogens with zero attached hydrogens (tertiary/aromatic N) is 1. The van der Waals surface area contributed by atoms with Crippen molar-refractivity contribution in [1.29, 1.82) is 0 Å². The zero-order valence-corrected chi connectivity index (χ0v) is 8.06. The first-order chi connectivity index (χ1) is 7.13. The van der Waals surface area contributed by atoms with Gasteiger partial charge in [-0.1, -0.05) is 0 Å². The minimum Gasteiger partial charge on any atom is -0.508 e. The largest absolute Gasteiger partial charge is 0.508 e. The van der Waals surface area contributed by atoms with Gasteiger partial charge in [0.15, 0.2) is 0 Å². The summed E-state index contributed by atoms with van der Waals surface area (Å²) in [4.78, 5) is 10.6. The first-order valence-corrected chi connectivity index (χ1v) is 4.17. The third-order valence-electron chi connectivity index (χ3n) is 1.71. The summed E-state index contributed by atoms with van der Waals surface area (Å²) < 4.78 is 0. The van der Waals surface area contributed by atoms with Crippen LogP contribution in [0.5, 0.6) is 5.75 Å². The normalized spacial score (nSPS) is 10.9. The standard InChI is InChI=1S/C9H11N3O3/c1-6(10-11-9(14)12-15)7-2-4-8(13)5-3-7/h2-5,13,15H,1H3,(H2,11,12,14)/b10-6+. The van der Waals surface area contributed by atoms with Crippen molar-refractivity contribution in [3.63, 3.8) is 0 Å². The Labute approximate surface area is 86.2 Å². The SMILES string of the molecule is C/C(=N\NC(=O)NO)c1ccc(O)cc1.